The van der Waals surface area contributed by atoms with Crippen LogP contribution in [0.25, 0.3) is 0 Å². The summed E-state index contributed by atoms with van der Waals surface area (Å²) in [5.74, 6) is -1.42. The molecule has 0 aromatic carbocycles. The zero-order valence-electron chi connectivity index (χ0n) is 7.28. The quantitative estimate of drug-likeness (QED) is 0.619. The van der Waals surface area contributed by atoms with E-state index in [1.54, 1.807) is 0 Å². The fourth-order valence-electron chi connectivity index (χ4n) is 1.03. The molecule has 2 N–H and O–H groups in total. The number of pyridine rings is 1. The number of nitrogens with two attached hydrogens (primary N) is 1. The number of nitrogens with zero attached hydrogens (tertiary/aromatic N) is 2. The van der Waals surface area contributed by atoms with E-state index >= 15 is 0 Å². The van der Waals surface area contributed by atoms with Crippen molar-refractivity contribution in [2.45, 2.75) is 13.0 Å². The lowest BCUT2D eigenvalue weighted by molar-refractivity contribution is -0.386. The van der Waals surface area contributed by atoms with E-state index in [0.29, 0.717) is 6.20 Å². The summed E-state index contributed by atoms with van der Waals surface area (Å²) in [5, 5.41) is 10.3. The minimum Gasteiger partial charge on any atom is -0.325 e. The lowest BCUT2D eigenvalue weighted by Crippen LogP contribution is -2.09. The minimum absolute atomic E-state index is 0.399. The van der Waals surface area contributed by atoms with Gasteiger partial charge in [-0.15, -0.1) is 0 Å². The predicted molar refractivity (Wildman–Crippen MR) is 43.7 cm³/mol. The van der Waals surface area contributed by atoms with Gasteiger partial charge in [-0.3, -0.25) is 10.1 Å². The van der Waals surface area contributed by atoms with Crippen molar-refractivity contribution in [3.63, 3.8) is 0 Å². The lowest BCUT2D eigenvalue weighted by atomic mass is 10.2. The highest BCUT2D eigenvalue weighted by atomic mass is 19.3. The first-order valence-electron chi connectivity index (χ1n) is 3.79. The maximum atomic E-state index is 13.2. The Morgan fingerprint density at radius 1 is 1.60 bits per heavy atom. The van der Waals surface area contributed by atoms with Crippen LogP contribution in [0.5, 0.6) is 0 Å². The van der Waals surface area contributed by atoms with Crippen LogP contribution in [0.4, 0.5) is 18.9 Å². The predicted octanol–water partition coefficient (Wildman–Crippen LogP) is 1.53. The standard InChI is InChI=1S/C7H6F3N3O2/c8-6-3(1-11)12-2-4(13(14)15)5(6)7(9)10/h2,7H,1,11H2. The maximum Gasteiger partial charge on any atom is 0.299 e. The van der Waals surface area contributed by atoms with Crippen LogP contribution >= 0.6 is 0 Å². The molecule has 82 valence electrons. The molecule has 0 amide bonds. The van der Waals surface area contributed by atoms with Gasteiger partial charge in [0.15, 0.2) is 5.82 Å². The highest BCUT2D eigenvalue weighted by Crippen LogP contribution is 2.31. The Labute approximate surface area is 81.9 Å². The fourth-order valence-corrected chi connectivity index (χ4v) is 1.03. The molecule has 0 aliphatic carbocycles. The van der Waals surface area contributed by atoms with Crippen LogP contribution in [0.15, 0.2) is 6.20 Å². The lowest BCUT2D eigenvalue weighted by Gasteiger charge is -2.05. The van der Waals surface area contributed by atoms with Crippen molar-refractivity contribution < 1.29 is 18.1 Å². The third-order valence-electron chi connectivity index (χ3n) is 1.72. The number of aromatic nitrogens is 1. The molecule has 5 nitrogen and oxygen atoms in total. The molecule has 0 aliphatic heterocycles. The van der Waals surface area contributed by atoms with Crippen molar-refractivity contribution in [1.82, 2.24) is 4.98 Å². The summed E-state index contributed by atoms with van der Waals surface area (Å²) in [6, 6.07) is 0. The van der Waals surface area contributed by atoms with Gasteiger partial charge in [-0.25, -0.2) is 18.2 Å². The fraction of sp³-hybridized carbons (Fsp3) is 0.286. The van der Waals surface area contributed by atoms with Crippen molar-refractivity contribution in [3.8, 4) is 0 Å². The molecule has 1 aromatic heterocycles. The molecular formula is C7H6F3N3O2. The van der Waals surface area contributed by atoms with Crippen molar-refractivity contribution in [3.05, 3.63) is 33.4 Å². The van der Waals surface area contributed by atoms with Gasteiger partial charge in [-0.05, 0) is 0 Å². The van der Waals surface area contributed by atoms with Crippen molar-refractivity contribution in [2.75, 3.05) is 0 Å². The Morgan fingerprint density at radius 2 is 2.20 bits per heavy atom. The summed E-state index contributed by atoms with van der Waals surface area (Å²) in [6.45, 7) is -0.399. The molecule has 0 atom stereocenters. The summed E-state index contributed by atoms with van der Waals surface area (Å²) < 4.78 is 37.9. The molecule has 0 spiro atoms. The Bertz CT molecular complexity index is 397. The summed E-state index contributed by atoms with van der Waals surface area (Å²) in [4.78, 5) is 12.5. The van der Waals surface area contributed by atoms with Gasteiger partial charge < -0.3 is 5.73 Å². The molecule has 0 unspecified atom stereocenters. The van der Waals surface area contributed by atoms with Gasteiger partial charge in [0.2, 0.25) is 0 Å². The second-order valence-corrected chi connectivity index (χ2v) is 2.58. The minimum atomic E-state index is -3.28. The van der Waals surface area contributed by atoms with Gasteiger partial charge in [0.05, 0.1) is 10.6 Å². The summed E-state index contributed by atoms with van der Waals surface area (Å²) >= 11 is 0. The molecule has 0 fully saturated rings. The van der Waals surface area contributed by atoms with E-state index in [1.165, 1.54) is 0 Å². The average molecular weight is 221 g/mol. The van der Waals surface area contributed by atoms with Crippen LogP contribution in [-0.2, 0) is 6.54 Å². The average Bonchev–Trinajstić information content (AvgIpc) is 2.16. The third kappa shape index (κ3) is 2.04. The monoisotopic (exact) mass is 221 g/mol. The zero-order chi connectivity index (χ0) is 11.6. The molecule has 0 saturated carbocycles. The Hall–Kier alpha value is -1.70. The first kappa shape index (κ1) is 11.4. The first-order chi connectivity index (χ1) is 6.99. The SMILES string of the molecule is NCc1ncc([N+](=O)[O-])c(C(F)F)c1F. The van der Waals surface area contributed by atoms with Gasteiger partial charge in [0, 0.05) is 6.54 Å². The van der Waals surface area contributed by atoms with E-state index in [-0.39, 0.29) is 0 Å². The molecule has 8 heteroatoms. The van der Waals surface area contributed by atoms with Crippen molar-refractivity contribution in [1.29, 1.82) is 0 Å². The van der Waals surface area contributed by atoms with E-state index in [0.717, 1.165) is 0 Å². The molecule has 1 aromatic rings. The van der Waals surface area contributed by atoms with Gasteiger partial charge in [-0.1, -0.05) is 0 Å². The van der Waals surface area contributed by atoms with Crippen LogP contribution in [0.1, 0.15) is 17.7 Å². The van der Waals surface area contributed by atoms with Crippen LogP contribution in [-0.4, -0.2) is 9.91 Å². The van der Waals surface area contributed by atoms with Crippen LogP contribution in [0, 0.1) is 15.9 Å². The highest BCUT2D eigenvalue weighted by molar-refractivity contribution is 5.41. The van der Waals surface area contributed by atoms with Crippen LogP contribution in [0.3, 0.4) is 0 Å². The number of nitro groups is 1. The third-order valence-corrected chi connectivity index (χ3v) is 1.72. The van der Waals surface area contributed by atoms with Gasteiger partial charge in [-0.2, -0.15) is 0 Å². The van der Waals surface area contributed by atoms with E-state index in [4.69, 9.17) is 5.73 Å². The largest absolute Gasteiger partial charge is 0.325 e. The molecule has 0 aliphatic rings. The van der Waals surface area contributed by atoms with E-state index in [9.17, 15) is 23.3 Å². The second kappa shape index (κ2) is 4.22. The van der Waals surface area contributed by atoms with E-state index < -0.39 is 40.7 Å². The molecule has 0 radical (unpaired) electrons. The number of alkyl halides is 2. The van der Waals surface area contributed by atoms with Crippen molar-refractivity contribution >= 4 is 5.69 Å². The molecule has 15 heavy (non-hydrogen) atoms. The zero-order valence-corrected chi connectivity index (χ0v) is 7.28. The Morgan fingerprint density at radius 3 is 2.60 bits per heavy atom. The molecule has 0 bridgehead atoms. The summed E-state index contributed by atoms with van der Waals surface area (Å²) in [6.07, 6.45) is -2.70. The first-order valence-corrected chi connectivity index (χ1v) is 3.79. The van der Waals surface area contributed by atoms with Crippen molar-refractivity contribution in [2.24, 2.45) is 5.73 Å². The molecule has 0 saturated heterocycles. The van der Waals surface area contributed by atoms with Crippen LogP contribution in [0.2, 0.25) is 0 Å². The number of rotatable bonds is 3. The van der Waals surface area contributed by atoms with Crippen LogP contribution < -0.4 is 5.73 Å². The van der Waals surface area contributed by atoms with Gasteiger partial charge in [0.1, 0.15) is 11.8 Å². The topological polar surface area (TPSA) is 82.0 Å². The molecular weight excluding hydrogens is 215 g/mol. The summed E-state index contributed by atoms with van der Waals surface area (Å²) in [7, 11) is 0. The Balaban J connectivity index is 3.44. The Kier molecular flexibility index (Phi) is 3.20. The smallest absolute Gasteiger partial charge is 0.299 e. The van der Waals surface area contributed by atoms with E-state index in [1.807, 2.05) is 0 Å². The second-order valence-electron chi connectivity index (χ2n) is 2.58. The number of halogens is 3. The van der Waals surface area contributed by atoms with Gasteiger partial charge >= 0.3 is 0 Å². The molecule has 1 heterocycles. The highest BCUT2D eigenvalue weighted by Gasteiger charge is 2.28. The molecule has 1 rings (SSSR count). The van der Waals surface area contributed by atoms with E-state index in [2.05, 4.69) is 4.98 Å². The van der Waals surface area contributed by atoms with Gasteiger partial charge in [0.25, 0.3) is 12.1 Å². The number of hydrogen-bond acceptors (Lipinski definition) is 4. The number of hydrogen-bond donors (Lipinski definition) is 1. The summed E-state index contributed by atoms with van der Waals surface area (Å²) in [5.41, 5.74) is 2.30. The normalized spacial score (nSPS) is 10.7. The maximum absolute atomic E-state index is 13.2.